The van der Waals surface area contributed by atoms with Crippen LogP contribution in [0.4, 0.5) is 0 Å². The van der Waals surface area contributed by atoms with Crippen LogP contribution >= 0.6 is 12.4 Å². The summed E-state index contributed by atoms with van der Waals surface area (Å²) in [4.78, 5) is 8.05. The van der Waals surface area contributed by atoms with E-state index in [4.69, 9.17) is 9.72 Å². The Labute approximate surface area is 130 Å². The predicted molar refractivity (Wildman–Crippen MR) is 88.0 cm³/mol. The number of benzene rings is 2. The Kier molecular flexibility index (Phi) is 4.66. The normalized spacial score (nSPS) is 10.0. The van der Waals surface area contributed by atoms with Crippen molar-refractivity contribution in [2.24, 2.45) is 0 Å². The third-order valence-corrected chi connectivity index (χ3v) is 3.30. The molecule has 21 heavy (non-hydrogen) atoms. The lowest BCUT2D eigenvalue weighted by atomic mass is 10.1. The Morgan fingerprint density at radius 3 is 2.19 bits per heavy atom. The number of aromatic amines is 1. The largest absolute Gasteiger partial charge is 0.497 e. The third kappa shape index (κ3) is 3.09. The Bertz CT molecular complexity index is 705. The average Bonchev–Trinajstić information content (AvgIpc) is 2.90. The molecule has 4 heteroatoms. The van der Waals surface area contributed by atoms with Gasteiger partial charge in [0.25, 0.3) is 0 Å². The van der Waals surface area contributed by atoms with E-state index in [-0.39, 0.29) is 12.4 Å². The van der Waals surface area contributed by atoms with Crippen molar-refractivity contribution >= 4 is 12.4 Å². The van der Waals surface area contributed by atoms with Gasteiger partial charge in [0.2, 0.25) is 0 Å². The molecule has 3 nitrogen and oxygen atoms in total. The summed E-state index contributed by atoms with van der Waals surface area (Å²) in [7, 11) is 1.67. The van der Waals surface area contributed by atoms with Crippen LogP contribution in [0.1, 0.15) is 5.69 Å². The number of aromatic nitrogens is 2. The van der Waals surface area contributed by atoms with E-state index < -0.39 is 0 Å². The predicted octanol–water partition coefficient (Wildman–Crippen LogP) is 4.48. The third-order valence-electron chi connectivity index (χ3n) is 3.30. The molecule has 0 unspecified atom stereocenters. The second kappa shape index (κ2) is 6.46. The van der Waals surface area contributed by atoms with Crippen molar-refractivity contribution < 1.29 is 4.74 Å². The maximum atomic E-state index is 5.17. The van der Waals surface area contributed by atoms with Crippen LogP contribution in [-0.2, 0) is 0 Å². The van der Waals surface area contributed by atoms with Crippen molar-refractivity contribution in [3.05, 3.63) is 60.3 Å². The highest BCUT2D eigenvalue weighted by Gasteiger charge is 2.10. The first-order valence-corrected chi connectivity index (χ1v) is 6.54. The molecule has 0 aliphatic carbocycles. The van der Waals surface area contributed by atoms with Crippen LogP contribution in [-0.4, -0.2) is 17.1 Å². The summed E-state index contributed by atoms with van der Waals surface area (Å²) < 4.78 is 5.17. The molecule has 0 amide bonds. The van der Waals surface area contributed by atoms with Gasteiger partial charge in [-0.1, -0.05) is 30.3 Å². The van der Waals surface area contributed by atoms with Gasteiger partial charge in [-0.2, -0.15) is 0 Å². The van der Waals surface area contributed by atoms with Crippen LogP contribution in [0.5, 0.6) is 5.75 Å². The zero-order valence-electron chi connectivity index (χ0n) is 12.0. The van der Waals surface area contributed by atoms with Gasteiger partial charge in [-0.25, -0.2) is 4.98 Å². The van der Waals surface area contributed by atoms with Crippen molar-refractivity contribution in [1.82, 2.24) is 9.97 Å². The highest BCUT2D eigenvalue weighted by atomic mass is 35.5. The molecule has 0 aliphatic heterocycles. The Balaban J connectivity index is 0.00000161. The summed E-state index contributed by atoms with van der Waals surface area (Å²) in [6, 6.07) is 18.1. The van der Waals surface area contributed by atoms with Crippen molar-refractivity contribution in [2.75, 3.05) is 7.11 Å². The molecule has 0 bridgehead atoms. The van der Waals surface area contributed by atoms with Crippen LogP contribution in [0.3, 0.4) is 0 Å². The van der Waals surface area contributed by atoms with Gasteiger partial charge >= 0.3 is 0 Å². The molecule has 1 N–H and O–H groups in total. The zero-order valence-corrected chi connectivity index (χ0v) is 12.8. The molecule has 0 spiro atoms. The lowest BCUT2D eigenvalue weighted by Crippen LogP contribution is -1.84. The second-order valence-electron chi connectivity index (χ2n) is 4.65. The van der Waals surface area contributed by atoms with Crippen LogP contribution in [0.25, 0.3) is 22.6 Å². The van der Waals surface area contributed by atoms with Crippen molar-refractivity contribution in [2.45, 2.75) is 6.92 Å². The molecule has 0 fully saturated rings. The van der Waals surface area contributed by atoms with E-state index in [1.165, 1.54) is 0 Å². The maximum absolute atomic E-state index is 5.17. The van der Waals surface area contributed by atoms with E-state index in [1.807, 2.05) is 49.4 Å². The Morgan fingerprint density at radius 2 is 1.57 bits per heavy atom. The molecule has 0 atom stereocenters. The van der Waals surface area contributed by atoms with Crippen LogP contribution in [0, 0.1) is 6.92 Å². The van der Waals surface area contributed by atoms with Crippen LogP contribution < -0.4 is 4.74 Å². The first-order chi connectivity index (χ1) is 9.78. The van der Waals surface area contributed by atoms with E-state index in [9.17, 15) is 0 Å². The fraction of sp³-hybridized carbons (Fsp3) is 0.118. The molecule has 3 aromatic rings. The summed E-state index contributed by atoms with van der Waals surface area (Å²) in [5, 5.41) is 0. The van der Waals surface area contributed by atoms with Gasteiger partial charge in [0.05, 0.1) is 12.8 Å². The van der Waals surface area contributed by atoms with Crippen molar-refractivity contribution in [3.8, 4) is 28.4 Å². The summed E-state index contributed by atoms with van der Waals surface area (Å²) in [5.74, 6) is 1.73. The molecule has 0 radical (unpaired) electrons. The standard InChI is InChI=1S/C17H16N2O.ClH/c1-12-16(13-6-4-3-5-7-13)19-17(18-12)14-8-10-15(20-2)11-9-14;/h3-11H,1-2H3,(H,18,19);1H. The fourth-order valence-corrected chi connectivity index (χ4v) is 2.22. The smallest absolute Gasteiger partial charge is 0.138 e. The van der Waals surface area contributed by atoms with Crippen LogP contribution in [0.2, 0.25) is 0 Å². The molecule has 1 heterocycles. The zero-order chi connectivity index (χ0) is 13.9. The van der Waals surface area contributed by atoms with Gasteiger partial charge in [0.1, 0.15) is 11.6 Å². The minimum Gasteiger partial charge on any atom is -0.497 e. The maximum Gasteiger partial charge on any atom is 0.138 e. The lowest BCUT2D eigenvalue weighted by molar-refractivity contribution is 0.415. The molecule has 0 aliphatic rings. The molecule has 2 aromatic carbocycles. The van der Waals surface area contributed by atoms with Crippen molar-refractivity contribution in [3.63, 3.8) is 0 Å². The summed E-state index contributed by atoms with van der Waals surface area (Å²) in [6.45, 7) is 2.04. The van der Waals surface area contributed by atoms with E-state index in [2.05, 4.69) is 17.1 Å². The molecular formula is C17H17ClN2O. The van der Waals surface area contributed by atoms with Gasteiger partial charge in [-0.15, -0.1) is 12.4 Å². The molecule has 0 saturated carbocycles. The number of nitrogens with zero attached hydrogens (tertiary/aromatic N) is 1. The number of hydrogen-bond acceptors (Lipinski definition) is 2. The van der Waals surface area contributed by atoms with Gasteiger partial charge < -0.3 is 9.72 Å². The number of aryl methyl sites for hydroxylation is 1. The highest BCUT2D eigenvalue weighted by molar-refractivity contribution is 5.85. The minimum atomic E-state index is 0. The summed E-state index contributed by atoms with van der Waals surface area (Å²) in [5.41, 5.74) is 4.25. The lowest BCUT2D eigenvalue weighted by Gasteiger charge is -2.00. The monoisotopic (exact) mass is 300 g/mol. The molecule has 3 rings (SSSR count). The topological polar surface area (TPSA) is 37.9 Å². The average molecular weight is 301 g/mol. The summed E-state index contributed by atoms with van der Waals surface area (Å²) >= 11 is 0. The number of rotatable bonds is 3. The van der Waals surface area contributed by atoms with E-state index in [0.29, 0.717) is 0 Å². The summed E-state index contributed by atoms with van der Waals surface area (Å²) in [6.07, 6.45) is 0. The highest BCUT2D eigenvalue weighted by Crippen LogP contribution is 2.26. The number of hydrogen-bond donors (Lipinski definition) is 1. The number of nitrogens with one attached hydrogen (secondary N) is 1. The van der Waals surface area contributed by atoms with Gasteiger partial charge in [0.15, 0.2) is 0 Å². The van der Waals surface area contributed by atoms with Gasteiger partial charge in [-0.05, 0) is 31.2 Å². The number of H-pyrrole nitrogens is 1. The van der Waals surface area contributed by atoms with Crippen LogP contribution in [0.15, 0.2) is 54.6 Å². The van der Waals surface area contributed by atoms with Gasteiger partial charge in [0, 0.05) is 16.8 Å². The van der Waals surface area contributed by atoms with E-state index in [0.717, 1.165) is 34.1 Å². The van der Waals surface area contributed by atoms with E-state index in [1.54, 1.807) is 7.11 Å². The van der Waals surface area contributed by atoms with Gasteiger partial charge in [-0.3, -0.25) is 0 Å². The number of methoxy groups -OCH3 is 1. The fourth-order valence-electron chi connectivity index (χ4n) is 2.22. The number of halogens is 1. The molecule has 1 aromatic heterocycles. The number of ether oxygens (including phenoxy) is 1. The minimum absolute atomic E-state index is 0. The number of imidazole rings is 1. The van der Waals surface area contributed by atoms with Crippen molar-refractivity contribution in [1.29, 1.82) is 0 Å². The SMILES string of the molecule is COc1ccc(-c2nc(-c3ccccc3)c(C)[nH]2)cc1.Cl. The molecule has 108 valence electrons. The molecule has 0 saturated heterocycles. The first-order valence-electron chi connectivity index (χ1n) is 6.54. The Hall–Kier alpha value is -2.26. The quantitative estimate of drug-likeness (QED) is 0.774. The second-order valence-corrected chi connectivity index (χ2v) is 4.65. The first kappa shape index (κ1) is 15.1. The van der Waals surface area contributed by atoms with E-state index >= 15 is 0 Å². The Morgan fingerprint density at radius 1 is 0.905 bits per heavy atom. The molecular weight excluding hydrogens is 284 g/mol.